The second-order valence-corrected chi connectivity index (χ2v) is 8.74. The molecule has 0 saturated carbocycles. The number of esters is 4. The first-order chi connectivity index (χ1) is 18.8. The van der Waals surface area contributed by atoms with Gasteiger partial charge in [0.15, 0.2) is 11.5 Å². The lowest BCUT2D eigenvalue weighted by Crippen LogP contribution is -2.12. The molecule has 0 N–H and O–H groups in total. The molecule has 0 aromatic heterocycles. The van der Waals surface area contributed by atoms with Gasteiger partial charge in [0.25, 0.3) is 0 Å². The second-order valence-electron chi connectivity index (χ2n) is 8.74. The van der Waals surface area contributed by atoms with Gasteiger partial charge in [-0.3, -0.25) is 0 Å². The highest BCUT2D eigenvalue weighted by atomic mass is 16.6. The molecule has 9 heteroatoms. The van der Waals surface area contributed by atoms with Gasteiger partial charge >= 0.3 is 23.9 Å². The molecular formula is C31H30O9. The molecule has 0 atom stereocenters. The summed E-state index contributed by atoms with van der Waals surface area (Å²) >= 11 is 0. The lowest BCUT2D eigenvalue weighted by atomic mass is 10.2. The number of benzene rings is 2. The predicted octanol–water partition coefficient (Wildman–Crippen LogP) is 5.70. The fraction of sp³-hybridized carbons (Fsp3) is 0.161. The van der Waals surface area contributed by atoms with Crippen LogP contribution in [0.2, 0.25) is 0 Å². The molecule has 0 aliphatic heterocycles. The van der Waals surface area contributed by atoms with Crippen LogP contribution in [0.3, 0.4) is 0 Å². The highest BCUT2D eigenvalue weighted by molar-refractivity contribution is 5.91. The van der Waals surface area contributed by atoms with Gasteiger partial charge in [0.05, 0.1) is 0 Å². The van der Waals surface area contributed by atoms with E-state index in [1.807, 2.05) is 0 Å². The maximum absolute atomic E-state index is 12.1. The number of hydrogen-bond donors (Lipinski definition) is 0. The lowest BCUT2D eigenvalue weighted by Gasteiger charge is -2.12. The van der Waals surface area contributed by atoms with Gasteiger partial charge in [-0.05, 0) is 51.5 Å². The van der Waals surface area contributed by atoms with E-state index in [0.717, 1.165) is 0 Å². The zero-order valence-electron chi connectivity index (χ0n) is 22.8. The third kappa shape index (κ3) is 9.60. The molecule has 208 valence electrons. The molecule has 2 rings (SSSR count). The van der Waals surface area contributed by atoms with Gasteiger partial charge in [0.1, 0.15) is 23.9 Å². The molecular weight excluding hydrogens is 516 g/mol. The topological polar surface area (TPSA) is 114 Å². The van der Waals surface area contributed by atoms with Crippen molar-refractivity contribution in [3.8, 4) is 28.7 Å². The molecule has 2 aromatic rings. The largest absolute Gasteiger partial charge is 0.489 e. The Hall–Kier alpha value is -5.18. The monoisotopic (exact) mass is 546 g/mol. The molecule has 0 aliphatic carbocycles. The maximum atomic E-state index is 12.1. The molecule has 0 heterocycles. The standard InChI is InChI=1S/C31H30O9/c1-18(2)28(32)37-24-15-23(16-25(17-24)38-29(33)19(3)4)36-13-9-10-22-11-12-26(39-30(34)20(5)6)27(14-22)40-31(35)21(7)8/h9-12,14-17H,1,3,5,7,13H2,2,4,6,8H3/b10-9+. The molecule has 0 radical (unpaired) electrons. The molecule has 0 bridgehead atoms. The first-order valence-electron chi connectivity index (χ1n) is 11.9. The van der Waals surface area contributed by atoms with Gasteiger partial charge in [-0.25, -0.2) is 19.2 Å². The van der Waals surface area contributed by atoms with Crippen LogP contribution in [-0.2, 0) is 19.2 Å². The van der Waals surface area contributed by atoms with Crippen molar-refractivity contribution in [1.82, 2.24) is 0 Å². The summed E-state index contributed by atoms with van der Waals surface area (Å²) in [5.41, 5.74) is 1.31. The Labute approximate surface area is 232 Å². The molecule has 0 fully saturated rings. The zero-order chi connectivity index (χ0) is 30.0. The summed E-state index contributed by atoms with van der Waals surface area (Å²) in [6.07, 6.45) is 3.33. The van der Waals surface area contributed by atoms with E-state index < -0.39 is 23.9 Å². The van der Waals surface area contributed by atoms with Crippen LogP contribution in [0.1, 0.15) is 33.3 Å². The van der Waals surface area contributed by atoms with E-state index in [9.17, 15) is 19.2 Å². The van der Waals surface area contributed by atoms with Crippen LogP contribution < -0.4 is 23.7 Å². The smallest absolute Gasteiger partial charge is 0.338 e. The van der Waals surface area contributed by atoms with Crippen molar-refractivity contribution in [2.24, 2.45) is 0 Å². The van der Waals surface area contributed by atoms with Crippen molar-refractivity contribution in [3.05, 3.63) is 96.6 Å². The molecule has 0 unspecified atom stereocenters. The fourth-order valence-electron chi connectivity index (χ4n) is 2.63. The summed E-state index contributed by atoms with van der Waals surface area (Å²) in [7, 11) is 0. The van der Waals surface area contributed by atoms with Crippen molar-refractivity contribution in [2.45, 2.75) is 27.7 Å². The first-order valence-corrected chi connectivity index (χ1v) is 11.9. The summed E-state index contributed by atoms with van der Waals surface area (Å²) in [6, 6.07) is 8.89. The Kier molecular flexibility index (Phi) is 10.9. The van der Waals surface area contributed by atoms with E-state index in [2.05, 4.69) is 26.3 Å². The van der Waals surface area contributed by atoms with Gasteiger partial charge < -0.3 is 23.7 Å². The third-order valence-electron chi connectivity index (χ3n) is 4.70. The molecule has 2 aromatic carbocycles. The SMILES string of the molecule is C=C(C)C(=O)Oc1cc(OC/C=C/c2ccc(OC(=O)C(=C)C)c(OC(=O)C(=C)C)c2)cc(OC(=O)C(=C)C)c1. The molecule has 0 amide bonds. The minimum absolute atomic E-state index is 0.0154. The minimum Gasteiger partial charge on any atom is -0.489 e. The first kappa shape index (κ1) is 31.0. The number of hydrogen-bond acceptors (Lipinski definition) is 9. The predicted molar refractivity (Wildman–Crippen MR) is 149 cm³/mol. The highest BCUT2D eigenvalue weighted by Gasteiger charge is 2.16. The number of carbonyl (C=O) groups excluding carboxylic acids is 4. The van der Waals surface area contributed by atoms with Crippen LogP contribution in [0.15, 0.2) is 91.1 Å². The van der Waals surface area contributed by atoms with Gasteiger partial charge in [-0.15, -0.1) is 0 Å². The molecule has 0 saturated heterocycles. The Morgan fingerprint density at radius 3 is 1.50 bits per heavy atom. The van der Waals surface area contributed by atoms with Crippen molar-refractivity contribution < 1.29 is 42.9 Å². The van der Waals surface area contributed by atoms with Gasteiger partial charge in [0, 0.05) is 40.5 Å². The molecule has 0 spiro atoms. The van der Waals surface area contributed by atoms with Crippen LogP contribution in [0.25, 0.3) is 6.08 Å². The maximum Gasteiger partial charge on any atom is 0.338 e. The second kappa shape index (κ2) is 14.1. The average molecular weight is 547 g/mol. The van der Waals surface area contributed by atoms with Gasteiger partial charge in [-0.1, -0.05) is 38.5 Å². The van der Waals surface area contributed by atoms with Crippen molar-refractivity contribution in [2.75, 3.05) is 6.61 Å². The van der Waals surface area contributed by atoms with Crippen LogP contribution in [0, 0.1) is 0 Å². The van der Waals surface area contributed by atoms with Crippen LogP contribution >= 0.6 is 0 Å². The van der Waals surface area contributed by atoms with Crippen molar-refractivity contribution >= 4 is 30.0 Å². The number of ether oxygens (including phenoxy) is 5. The number of rotatable bonds is 12. The normalized spacial score (nSPS) is 10.3. The van der Waals surface area contributed by atoms with Crippen LogP contribution in [0.4, 0.5) is 0 Å². The Balaban J connectivity index is 2.24. The van der Waals surface area contributed by atoms with Crippen LogP contribution in [-0.4, -0.2) is 30.5 Å². The van der Waals surface area contributed by atoms with E-state index >= 15 is 0 Å². The summed E-state index contributed by atoms with van der Waals surface area (Å²) in [4.78, 5) is 48.0. The highest BCUT2D eigenvalue weighted by Crippen LogP contribution is 2.31. The molecule has 0 aliphatic rings. The average Bonchev–Trinajstić information content (AvgIpc) is 2.87. The van der Waals surface area contributed by atoms with E-state index in [0.29, 0.717) is 5.56 Å². The van der Waals surface area contributed by atoms with E-state index in [-0.39, 0.29) is 57.6 Å². The van der Waals surface area contributed by atoms with Crippen LogP contribution in [0.5, 0.6) is 28.7 Å². The van der Waals surface area contributed by atoms with Crippen molar-refractivity contribution in [1.29, 1.82) is 0 Å². The summed E-state index contributed by atoms with van der Waals surface area (Å²) < 4.78 is 26.8. The van der Waals surface area contributed by atoms with E-state index in [1.54, 1.807) is 18.2 Å². The zero-order valence-corrected chi connectivity index (χ0v) is 22.8. The number of carbonyl (C=O) groups is 4. The third-order valence-corrected chi connectivity index (χ3v) is 4.70. The van der Waals surface area contributed by atoms with E-state index in [4.69, 9.17) is 23.7 Å². The summed E-state index contributed by atoms with van der Waals surface area (Å²) in [5, 5.41) is 0. The Bertz CT molecular complexity index is 1380. The fourth-order valence-corrected chi connectivity index (χ4v) is 2.63. The van der Waals surface area contributed by atoms with E-state index in [1.165, 1.54) is 58.0 Å². The molecule has 9 nitrogen and oxygen atoms in total. The summed E-state index contributed by atoms with van der Waals surface area (Å²) in [6.45, 7) is 20.2. The quantitative estimate of drug-likeness (QED) is 0.188. The van der Waals surface area contributed by atoms with Crippen molar-refractivity contribution in [3.63, 3.8) is 0 Å². The summed E-state index contributed by atoms with van der Waals surface area (Å²) in [5.74, 6) is -2.20. The molecule has 40 heavy (non-hydrogen) atoms. The van der Waals surface area contributed by atoms with Gasteiger partial charge in [0.2, 0.25) is 0 Å². The Morgan fingerprint density at radius 2 is 1.02 bits per heavy atom. The minimum atomic E-state index is -0.688. The Morgan fingerprint density at radius 1 is 0.600 bits per heavy atom. The van der Waals surface area contributed by atoms with Gasteiger partial charge in [-0.2, -0.15) is 0 Å². The lowest BCUT2D eigenvalue weighted by molar-refractivity contribution is -0.132.